The Hall–Kier alpha value is -2.82. The predicted octanol–water partition coefficient (Wildman–Crippen LogP) is 3.80. The van der Waals surface area contributed by atoms with Crippen LogP contribution in [0.15, 0.2) is 36.5 Å². The van der Waals surface area contributed by atoms with Crippen LogP contribution < -0.4 is 10.2 Å². The number of aromatic nitrogens is 1. The Kier molecular flexibility index (Phi) is 4.49. The van der Waals surface area contributed by atoms with Crippen molar-refractivity contribution < 1.29 is 17.6 Å². The molecule has 130 valence electrons. The van der Waals surface area contributed by atoms with Gasteiger partial charge in [0.15, 0.2) is 11.6 Å². The van der Waals surface area contributed by atoms with Gasteiger partial charge in [-0.25, -0.2) is 9.37 Å². The first-order chi connectivity index (χ1) is 11.9. The molecule has 1 N–H and O–H groups in total. The third kappa shape index (κ3) is 3.65. The van der Waals surface area contributed by atoms with E-state index in [1.54, 1.807) is 4.90 Å². The molecule has 25 heavy (non-hydrogen) atoms. The highest BCUT2D eigenvalue weighted by Gasteiger charge is 2.35. The number of nitriles is 1. The summed E-state index contributed by atoms with van der Waals surface area (Å²) in [7, 11) is 0. The Morgan fingerprint density at radius 2 is 2.08 bits per heavy atom. The molecule has 0 radical (unpaired) electrons. The summed E-state index contributed by atoms with van der Waals surface area (Å²) in [5, 5.41) is 11.8. The molecule has 0 bridgehead atoms. The summed E-state index contributed by atoms with van der Waals surface area (Å²) >= 11 is 0. The summed E-state index contributed by atoms with van der Waals surface area (Å²) in [6.07, 6.45) is -2.52. The van der Waals surface area contributed by atoms with Crippen LogP contribution in [0.4, 0.5) is 29.1 Å². The maximum Gasteiger partial charge on any atom is 0.418 e. The summed E-state index contributed by atoms with van der Waals surface area (Å²) in [5.74, 6) is -0.278. The van der Waals surface area contributed by atoms with Crippen molar-refractivity contribution in [2.24, 2.45) is 0 Å². The van der Waals surface area contributed by atoms with Crippen LogP contribution in [0, 0.1) is 17.1 Å². The summed E-state index contributed by atoms with van der Waals surface area (Å²) in [4.78, 5) is 5.67. The van der Waals surface area contributed by atoms with E-state index in [0.717, 1.165) is 12.1 Å². The molecule has 0 aliphatic carbocycles. The highest BCUT2D eigenvalue weighted by molar-refractivity contribution is 5.58. The number of rotatable bonds is 3. The summed E-state index contributed by atoms with van der Waals surface area (Å²) in [5.41, 5.74) is -0.824. The normalized spacial score (nSPS) is 17.4. The number of nitrogens with zero attached hydrogens (tertiary/aromatic N) is 3. The molecular formula is C17H14F4N4. The lowest BCUT2D eigenvalue weighted by molar-refractivity contribution is -0.137. The second kappa shape index (κ2) is 6.59. The number of anilines is 2. The van der Waals surface area contributed by atoms with Crippen LogP contribution in [-0.4, -0.2) is 24.1 Å². The molecule has 4 nitrogen and oxygen atoms in total. The Balaban J connectivity index is 1.80. The van der Waals surface area contributed by atoms with Gasteiger partial charge < -0.3 is 10.2 Å². The fraction of sp³-hybridized carbons (Fsp3) is 0.294. The topological polar surface area (TPSA) is 52.0 Å². The van der Waals surface area contributed by atoms with Crippen molar-refractivity contribution in [2.75, 3.05) is 23.3 Å². The van der Waals surface area contributed by atoms with Gasteiger partial charge in [0.25, 0.3) is 0 Å². The predicted molar refractivity (Wildman–Crippen MR) is 84.6 cm³/mol. The summed E-state index contributed by atoms with van der Waals surface area (Å²) in [6.45, 7) is 0.799. The molecule has 1 unspecified atom stereocenters. The highest BCUT2D eigenvalue weighted by Crippen LogP contribution is 2.36. The molecule has 1 aliphatic rings. The number of halogens is 4. The minimum atomic E-state index is -4.53. The summed E-state index contributed by atoms with van der Waals surface area (Å²) in [6, 6.07) is 7.52. The smallest absolute Gasteiger partial charge is 0.380 e. The number of alkyl halides is 3. The van der Waals surface area contributed by atoms with Crippen molar-refractivity contribution in [1.29, 1.82) is 5.26 Å². The number of nitrogens with one attached hydrogen (secondary N) is 1. The molecule has 8 heteroatoms. The molecule has 1 saturated heterocycles. The zero-order valence-corrected chi connectivity index (χ0v) is 13.0. The van der Waals surface area contributed by atoms with Crippen molar-refractivity contribution in [2.45, 2.75) is 18.6 Å². The molecule has 1 aromatic heterocycles. The number of pyridine rings is 1. The number of benzene rings is 1. The van der Waals surface area contributed by atoms with Crippen LogP contribution in [0.3, 0.4) is 0 Å². The lowest BCUT2D eigenvalue weighted by Crippen LogP contribution is -2.28. The first-order valence-electron chi connectivity index (χ1n) is 7.62. The lowest BCUT2D eigenvalue weighted by atomic mass is 10.1. The first-order valence-corrected chi connectivity index (χ1v) is 7.62. The fourth-order valence-electron chi connectivity index (χ4n) is 2.88. The Morgan fingerprint density at radius 1 is 1.28 bits per heavy atom. The Labute approximate surface area is 141 Å². The largest absolute Gasteiger partial charge is 0.418 e. The van der Waals surface area contributed by atoms with Gasteiger partial charge in [0, 0.05) is 31.0 Å². The van der Waals surface area contributed by atoms with E-state index in [-0.39, 0.29) is 23.1 Å². The van der Waals surface area contributed by atoms with Crippen molar-refractivity contribution in [3.8, 4) is 6.07 Å². The maximum atomic E-state index is 13.8. The second-order valence-electron chi connectivity index (χ2n) is 5.75. The molecule has 3 rings (SSSR count). The van der Waals surface area contributed by atoms with E-state index in [4.69, 9.17) is 5.26 Å². The van der Waals surface area contributed by atoms with Gasteiger partial charge in [-0.15, -0.1) is 0 Å². The molecule has 0 saturated carbocycles. The standard InChI is InChI=1S/C17H14F4N4/c18-14-2-1-6-23-16(14)25-7-5-12(10-25)24-15-8-11(9-22)3-4-13(15)17(19,20)21/h1-4,6,8,12,24H,5,7,10H2. The number of hydrogen-bond donors (Lipinski definition) is 1. The van der Waals surface area contributed by atoms with Gasteiger partial charge in [0.2, 0.25) is 0 Å². The minimum absolute atomic E-state index is 0.139. The quantitative estimate of drug-likeness (QED) is 0.856. The maximum absolute atomic E-state index is 13.8. The van der Waals surface area contributed by atoms with Gasteiger partial charge in [-0.3, -0.25) is 0 Å². The molecule has 0 spiro atoms. The molecule has 0 amide bonds. The first kappa shape index (κ1) is 17.0. The van der Waals surface area contributed by atoms with Crippen LogP contribution in [0.5, 0.6) is 0 Å². The van der Waals surface area contributed by atoms with Gasteiger partial charge in [-0.1, -0.05) is 0 Å². The highest BCUT2D eigenvalue weighted by atomic mass is 19.4. The van der Waals surface area contributed by atoms with Crippen LogP contribution in [-0.2, 0) is 6.18 Å². The van der Waals surface area contributed by atoms with Crippen LogP contribution in [0.25, 0.3) is 0 Å². The number of hydrogen-bond acceptors (Lipinski definition) is 4. The molecule has 2 heterocycles. The second-order valence-corrected chi connectivity index (χ2v) is 5.75. The zero-order valence-electron chi connectivity index (χ0n) is 13.0. The molecule has 1 aliphatic heterocycles. The molecule has 1 atom stereocenters. The zero-order chi connectivity index (χ0) is 18.0. The van der Waals surface area contributed by atoms with E-state index in [2.05, 4.69) is 10.3 Å². The van der Waals surface area contributed by atoms with Crippen LogP contribution >= 0.6 is 0 Å². The van der Waals surface area contributed by atoms with E-state index >= 15 is 0 Å². The van der Waals surface area contributed by atoms with E-state index < -0.39 is 17.6 Å². The SMILES string of the molecule is N#Cc1ccc(C(F)(F)F)c(NC2CCN(c3ncccc3F)C2)c1. The van der Waals surface area contributed by atoms with Crippen LogP contribution in [0.1, 0.15) is 17.5 Å². The third-order valence-electron chi connectivity index (χ3n) is 4.04. The molecule has 2 aromatic rings. The van der Waals surface area contributed by atoms with Crippen molar-refractivity contribution in [3.63, 3.8) is 0 Å². The molecular weight excluding hydrogens is 336 g/mol. The van der Waals surface area contributed by atoms with Gasteiger partial charge in [0.1, 0.15) is 0 Å². The third-order valence-corrected chi connectivity index (χ3v) is 4.04. The Bertz CT molecular complexity index is 813. The average Bonchev–Trinajstić information content (AvgIpc) is 3.02. The molecule has 1 fully saturated rings. The lowest BCUT2D eigenvalue weighted by Gasteiger charge is -2.21. The van der Waals surface area contributed by atoms with Crippen molar-refractivity contribution >= 4 is 11.5 Å². The van der Waals surface area contributed by atoms with Crippen molar-refractivity contribution in [1.82, 2.24) is 4.98 Å². The van der Waals surface area contributed by atoms with Gasteiger partial charge in [-0.2, -0.15) is 18.4 Å². The van der Waals surface area contributed by atoms with Gasteiger partial charge in [0.05, 0.1) is 17.2 Å². The van der Waals surface area contributed by atoms with Crippen molar-refractivity contribution in [3.05, 3.63) is 53.5 Å². The fourth-order valence-corrected chi connectivity index (χ4v) is 2.88. The van der Waals surface area contributed by atoms with Gasteiger partial charge >= 0.3 is 6.18 Å². The van der Waals surface area contributed by atoms with Crippen LogP contribution in [0.2, 0.25) is 0 Å². The minimum Gasteiger partial charge on any atom is -0.380 e. The molecule has 1 aromatic carbocycles. The van der Waals surface area contributed by atoms with E-state index in [1.165, 1.54) is 24.4 Å². The van der Waals surface area contributed by atoms with E-state index in [9.17, 15) is 17.6 Å². The monoisotopic (exact) mass is 350 g/mol. The van der Waals surface area contributed by atoms with E-state index in [0.29, 0.717) is 19.5 Å². The van der Waals surface area contributed by atoms with E-state index in [1.807, 2.05) is 6.07 Å². The Morgan fingerprint density at radius 3 is 2.76 bits per heavy atom. The average molecular weight is 350 g/mol. The summed E-state index contributed by atoms with van der Waals surface area (Å²) < 4.78 is 53.3. The van der Waals surface area contributed by atoms with Gasteiger partial charge in [-0.05, 0) is 36.8 Å².